The fourth-order valence-corrected chi connectivity index (χ4v) is 1.88. The molecule has 0 aromatic heterocycles. The van der Waals surface area contributed by atoms with E-state index in [0.717, 1.165) is 0 Å². The highest BCUT2D eigenvalue weighted by molar-refractivity contribution is 5.68. The minimum Gasteiger partial charge on any atom is -0.444 e. The van der Waals surface area contributed by atoms with Crippen molar-refractivity contribution in [2.75, 3.05) is 19.7 Å². The number of aliphatic hydroxyl groups is 1. The molecule has 1 saturated heterocycles. The molecule has 1 amide bonds. The summed E-state index contributed by atoms with van der Waals surface area (Å²) in [6.07, 6.45) is 1.40. The molecule has 5 heteroatoms. The van der Waals surface area contributed by atoms with Crippen LogP contribution in [0.4, 0.5) is 9.18 Å². The van der Waals surface area contributed by atoms with Crippen LogP contribution in [-0.2, 0) is 4.74 Å². The molecule has 18 heavy (non-hydrogen) atoms. The van der Waals surface area contributed by atoms with Gasteiger partial charge in [-0.15, -0.1) is 0 Å². The van der Waals surface area contributed by atoms with Gasteiger partial charge in [0.05, 0.1) is 6.61 Å². The quantitative estimate of drug-likeness (QED) is 0.787. The lowest BCUT2D eigenvalue weighted by Crippen LogP contribution is -2.37. The van der Waals surface area contributed by atoms with Crippen LogP contribution in [0.1, 0.15) is 40.0 Å². The monoisotopic (exact) mass is 259 g/mol. The molecule has 0 radical (unpaired) electrons. The summed E-state index contributed by atoms with van der Waals surface area (Å²) >= 11 is 0. The lowest BCUT2D eigenvalue weighted by atomic mass is 10.1. The summed E-state index contributed by atoms with van der Waals surface area (Å²) in [6, 6.07) is 0. The normalized spacial score (nSPS) is 20.4. The van der Waals surface area contributed by atoms with E-state index in [1.54, 1.807) is 4.90 Å². The molecule has 0 spiro atoms. The average molecular weight is 259 g/mol. The molecule has 104 valence electrons. The van der Waals surface area contributed by atoms with Crippen LogP contribution in [0.2, 0.25) is 0 Å². The Balaban J connectivity index is 2.60. The second-order valence-electron chi connectivity index (χ2n) is 5.49. The lowest BCUT2D eigenvalue weighted by molar-refractivity contribution is 0.0258. The Hall–Kier alpha value is -1.10. The highest BCUT2D eigenvalue weighted by Crippen LogP contribution is 2.22. The van der Waals surface area contributed by atoms with Crippen molar-refractivity contribution in [2.45, 2.75) is 45.6 Å². The third-order valence-electron chi connectivity index (χ3n) is 2.76. The summed E-state index contributed by atoms with van der Waals surface area (Å²) in [5, 5.41) is 8.77. The molecule has 1 aliphatic heterocycles. The second kappa shape index (κ2) is 6.18. The van der Waals surface area contributed by atoms with Crippen LogP contribution in [0.25, 0.3) is 0 Å². The van der Waals surface area contributed by atoms with E-state index in [4.69, 9.17) is 9.84 Å². The van der Waals surface area contributed by atoms with E-state index in [0.29, 0.717) is 37.9 Å². The van der Waals surface area contributed by atoms with Gasteiger partial charge in [0.1, 0.15) is 11.4 Å². The Kier molecular flexibility index (Phi) is 5.14. The standard InChI is InChI=1S/C13H22FNO3/c1-13(2,3)18-12(17)15-7-4-5-10(6-8-15)11(14)9-16/h16H,4-9H2,1-3H3/b11-10+. The number of carbonyl (C=O) groups excluding carboxylic acids is 1. The lowest BCUT2D eigenvalue weighted by Gasteiger charge is -2.26. The van der Waals surface area contributed by atoms with Gasteiger partial charge in [-0.3, -0.25) is 0 Å². The summed E-state index contributed by atoms with van der Waals surface area (Å²) < 4.78 is 18.6. The zero-order valence-corrected chi connectivity index (χ0v) is 11.3. The van der Waals surface area contributed by atoms with Gasteiger partial charge in [-0.1, -0.05) is 0 Å². The van der Waals surface area contributed by atoms with E-state index in [-0.39, 0.29) is 6.09 Å². The SMILES string of the molecule is CC(C)(C)OC(=O)N1CCC/C(=C(\F)CO)CC1. The number of hydrogen-bond donors (Lipinski definition) is 1. The molecule has 1 fully saturated rings. The molecule has 0 aromatic carbocycles. The van der Waals surface area contributed by atoms with Crippen LogP contribution in [0.3, 0.4) is 0 Å². The summed E-state index contributed by atoms with van der Waals surface area (Å²) in [4.78, 5) is 13.5. The van der Waals surface area contributed by atoms with Crippen LogP contribution in [0.15, 0.2) is 11.4 Å². The number of likely N-dealkylation sites (tertiary alicyclic amines) is 1. The third kappa shape index (κ3) is 4.64. The van der Waals surface area contributed by atoms with Crippen molar-refractivity contribution in [3.05, 3.63) is 11.4 Å². The molecule has 1 rings (SSSR count). The zero-order valence-electron chi connectivity index (χ0n) is 11.3. The number of ether oxygens (including phenoxy) is 1. The molecule has 4 nitrogen and oxygen atoms in total. The van der Waals surface area contributed by atoms with Crippen LogP contribution >= 0.6 is 0 Å². The Bertz CT molecular complexity index is 334. The third-order valence-corrected chi connectivity index (χ3v) is 2.76. The highest BCUT2D eigenvalue weighted by atomic mass is 19.1. The summed E-state index contributed by atoms with van der Waals surface area (Å²) in [7, 11) is 0. The number of aliphatic hydroxyl groups excluding tert-OH is 1. The van der Waals surface area contributed by atoms with Crippen molar-refractivity contribution in [1.29, 1.82) is 0 Å². The van der Waals surface area contributed by atoms with Gasteiger partial charge in [-0.2, -0.15) is 0 Å². The van der Waals surface area contributed by atoms with Crippen LogP contribution in [0, 0.1) is 0 Å². The number of nitrogens with zero attached hydrogens (tertiary/aromatic N) is 1. The largest absolute Gasteiger partial charge is 0.444 e. The smallest absolute Gasteiger partial charge is 0.410 e. The number of carbonyl (C=O) groups is 1. The van der Waals surface area contributed by atoms with Gasteiger partial charge in [-0.05, 0) is 45.6 Å². The maximum atomic E-state index is 13.3. The van der Waals surface area contributed by atoms with Crippen molar-refractivity contribution in [3.63, 3.8) is 0 Å². The first kappa shape index (κ1) is 15.0. The van der Waals surface area contributed by atoms with Gasteiger partial charge in [-0.25, -0.2) is 9.18 Å². The second-order valence-corrected chi connectivity index (χ2v) is 5.49. The molecule has 0 bridgehead atoms. The van der Waals surface area contributed by atoms with E-state index < -0.39 is 18.0 Å². The summed E-state index contributed by atoms with van der Waals surface area (Å²) in [5.74, 6) is -0.457. The maximum absolute atomic E-state index is 13.3. The minimum atomic E-state index is -0.554. The van der Waals surface area contributed by atoms with Gasteiger partial charge in [0.2, 0.25) is 0 Å². The first-order valence-electron chi connectivity index (χ1n) is 6.28. The number of rotatable bonds is 1. The van der Waals surface area contributed by atoms with E-state index >= 15 is 0 Å². The van der Waals surface area contributed by atoms with Crippen molar-refractivity contribution < 1.29 is 19.0 Å². The average Bonchev–Trinajstić information content (AvgIpc) is 2.51. The topological polar surface area (TPSA) is 49.8 Å². The van der Waals surface area contributed by atoms with Gasteiger partial charge < -0.3 is 14.7 Å². The van der Waals surface area contributed by atoms with Gasteiger partial charge in [0, 0.05) is 13.1 Å². The Morgan fingerprint density at radius 3 is 2.61 bits per heavy atom. The minimum absolute atomic E-state index is 0.354. The number of hydrogen-bond acceptors (Lipinski definition) is 3. The molecule has 1 heterocycles. The van der Waals surface area contributed by atoms with E-state index in [9.17, 15) is 9.18 Å². The van der Waals surface area contributed by atoms with Crippen LogP contribution in [0.5, 0.6) is 0 Å². The predicted molar refractivity (Wildman–Crippen MR) is 66.9 cm³/mol. The fraction of sp³-hybridized carbons (Fsp3) is 0.769. The van der Waals surface area contributed by atoms with Gasteiger partial charge >= 0.3 is 6.09 Å². The van der Waals surface area contributed by atoms with Crippen molar-refractivity contribution >= 4 is 6.09 Å². The van der Waals surface area contributed by atoms with Crippen molar-refractivity contribution in [1.82, 2.24) is 4.90 Å². The van der Waals surface area contributed by atoms with E-state index in [1.165, 1.54) is 0 Å². The Morgan fingerprint density at radius 1 is 1.39 bits per heavy atom. The first-order chi connectivity index (χ1) is 8.33. The van der Waals surface area contributed by atoms with Crippen molar-refractivity contribution in [2.24, 2.45) is 0 Å². The zero-order chi connectivity index (χ0) is 13.8. The number of amides is 1. The number of halogens is 1. The Labute approximate surface area is 107 Å². The van der Waals surface area contributed by atoms with Gasteiger partial charge in [0.25, 0.3) is 0 Å². The van der Waals surface area contributed by atoms with E-state index in [2.05, 4.69) is 0 Å². The van der Waals surface area contributed by atoms with Crippen molar-refractivity contribution in [3.8, 4) is 0 Å². The Morgan fingerprint density at radius 2 is 2.06 bits per heavy atom. The van der Waals surface area contributed by atoms with Crippen LogP contribution < -0.4 is 0 Å². The van der Waals surface area contributed by atoms with Crippen LogP contribution in [-0.4, -0.2) is 41.4 Å². The molecule has 0 saturated carbocycles. The maximum Gasteiger partial charge on any atom is 0.410 e. The molecule has 0 aliphatic carbocycles. The highest BCUT2D eigenvalue weighted by Gasteiger charge is 2.24. The molecule has 0 unspecified atom stereocenters. The molecule has 1 aliphatic rings. The first-order valence-corrected chi connectivity index (χ1v) is 6.28. The summed E-state index contributed by atoms with van der Waals surface area (Å²) in [5.41, 5.74) is 0.0989. The predicted octanol–water partition coefficient (Wildman–Crippen LogP) is 2.62. The molecule has 0 aromatic rings. The van der Waals surface area contributed by atoms with E-state index in [1.807, 2.05) is 20.8 Å². The molecular weight excluding hydrogens is 237 g/mol. The molecule has 1 N–H and O–H groups in total. The molecular formula is C13H22FNO3. The fourth-order valence-electron chi connectivity index (χ4n) is 1.88. The molecule has 0 atom stereocenters. The van der Waals surface area contributed by atoms with Gasteiger partial charge in [0.15, 0.2) is 0 Å². The summed E-state index contributed by atoms with van der Waals surface area (Å²) in [6.45, 7) is 5.91.